The number of halogens is 4. The van der Waals surface area contributed by atoms with Crippen molar-refractivity contribution in [2.75, 3.05) is 0 Å². The van der Waals surface area contributed by atoms with Gasteiger partial charge in [-0.05, 0) is 42.5 Å². The van der Waals surface area contributed by atoms with Crippen LogP contribution in [0.1, 0.15) is 15.9 Å². The fourth-order valence-corrected chi connectivity index (χ4v) is 1.65. The van der Waals surface area contributed by atoms with Gasteiger partial charge in [-0.2, -0.15) is 13.2 Å². The van der Waals surface area contributed by atoms with Gasteiger partial charge < -0.3 is 9.84 Å². The third kappa shape index (κ3) is 3.50. The van der Waals surface area contributed by atoms with Crippen LogP contribution < -0.4 is 4.74 Å². The lowest BCUT2D eigenvalue weighted by Gasteiger charge is -2.12. The van der Waals surface area contributed by atoms with Crippen molar-refractivity contribution in [2.45, 2.75) is 6.18 Å². The molecule has 110 valence electrons. The second-order valence-electron chi connectivity index (χ2n) is 4.07. The van der Waals surface area contributed by atoms with Gasteiger partial charge in [-0.25, -0.2) is 9.18 Å². The van der Waals surface area contributed by atoms with Crippen LogP contribution in [-0.2, 0) is 6.18 Å². The molecule has 0 saturated carbocycles. The van der Waals surface area contributed by atoms with Crippen LogP contribution in [0.2, 0.25) is 0 Å². The first kappa shape index (κ1) is 14.8. The smallest absolute Gasteiger partial charge is 0.417 e. The van der Waals surface area contributed by atoms with Crippen molar-refractivity contribution in [2.24, 2.45) is 0 Å². The number of alkyl halides is 3. The number of aromatic carboxylic acids is 1. The van der Waals surface area contributed by atoms with Crippen LogP contribution in [-0.4, -0.2) is 11.1 Å². The van der Waals surface area contributed by atoms with E-state index in [1.807, 2.05) is 0 Å². The van der Waals surface area contributed by atoms with E-state index in [1.54, 1.807) is 0 Å². The van der Waals surface area contributed by atoms with Gasteiger partial charge in [0.1, 0.15) is 17.3 Å². The van der Waals surface area contributed by atoms with Crippen molar-refractivity contribution < 1.29 is 32.2 Å². The molecule has 0 fully saturated rings. The lowest BCUT2D eigenvalue weighted by Crippen LogP contribution is -2.12. The lowest BCUT2D eigenvalue weighted by molar-refractivity contribution is -0.138. The van der Waals surface area contributed by atoms with E-state index in [9.17, 15) is 22.4 Å². The molecule has 0 radical (unpaired) electrons. The largest absolute Gasteiger partial charge is 0.478 e. The number of carboxylic acids is 1. The minimum Gasteiger partial charge on any atom is -0.478 e. The molecule has 0 amide bonds. The third-order valence-corrected chi connectivity index (χ3v) is 2.58. The molecule has 1 N–H and O–H groups in total. The average molecular weight is 300 g/mol. The monoisotopic (exact) mass is 300 g/mol. The van der Waals surface area contributed by atoms with E-state index in [4.69, 9.17) is 9.84 Å². The van der Waals surface area contributed by atoms with Gasteiger partial charge in [0, 0.05) is 0 Å². The highest BCUT2D eigenvalue weighted by Crippen LogP contribution is 2.35. The summed E-state index contributed by atoms with van der Waals surface area (Å²) in [7, 11) is 0. The number of ether oxygens (including phenoxy) is 1. The topological polar surface area (TPSA) is 46.5 Å². The maximum atomic E-state index is 12.8. The highest BCUT2D eigenvalue weighted by molar-refractivity contribution is 5.89. The standard InChI is InChI=1S/C14H8F4O3/c15-8-1-3-9(4-2-8)21-10-5-6-11(13(19)20)12(7-10)14(16,17)18/h1-7H,(H,19,20). The zero-order chi connectivity index (χ0) is 15.6. The summed E-state index contributed by atoms with van der Waals surface area (Å²) in [6.45, 7) is 0. The molecule has 0 bridgehead atoms. The van der Waals surface area contributed by atoms with Crippen LogP contribution in [0.15, 0.2) is 42.5 Å². The first-order chi connectivity index (χ1) is 9.77. The SMILES string of the molecule is O=C(O)c1ccc(Oc2ccc(F)cc2)cc1C(F)(F)F. The Bertz CT molecular complexity index is 663. The Kier molecular flexibility index (Phi) is 3.84. The first-order valence-electron chi connectivity index (χ1n) is 5.65. The van der Waals surface area contributed by atoms with Gasteiger partial charge in [-0.15, -0.1) is 0 Å². The van der Waals surface area contributed by atoms with E-state index < -0.39 is 29.1 Å². The quantitative estimate of drug-likeness (QED) is 0.858. The number of carboxylic acid groups (broad SMARTS) is 1. The van der Waals surface area contributed by atoms with Gasteiger partial charge in [0.25, 0.3) is 0 Å². The molecule has 7 heteroatoms. The van der Waals surface area contributed by atoms with Crippen molar-refractivity contribution in [3.8, 4) is 11.5 Å². The van der Waals surface area contributed by atoms with Gasteiger partial charge in [0.05, 0.1) is 11.1 Å². The predicted molar refractivity (Wildman–Crippen MR) is 64.9 cm³/mol. The van der Waals surface area contributed by atoms with Gasteiger partial charge >= 0.3 is 12.1 Å². The summed E-state index contributed by atoms with van der Waals surface area (Å²) in [5.41, 5.74) is -2.18. The third-order valence-electron chi connectivity index (χ3n) is 2.58. The number of benzene rings is 2. The zero-order valence-electron chi connectivity index (χ0n) is 10.3. The van der Waals surface area contributed by atoms with Crippen LogP contribution in [0.25, 0.3) is 0 Å². The normalized spacial score (nSPS) is 11.2. The van der Waals surface area contributed by atoms with Gasteiger partial charge in [0.2, 0.25) is 0 Å². The Morgan fingerprint density at radius 1 is 1.00 bits per heavy atom. The zero-order valence-corrected chi connectivity index (χ0v) is 10.3. The maximum Gasteiger partial charge on any atom is 0.417 e. The molecule has 0 spiro atoms. The van der Waals surface area contributed by atoms with E-state index in [0.717, 1.165) is 24.3 Å². The fourth-order valence-electron chi connectivity index (χ4n) is 1.65. The van der Waals surface area contributed by atoms with Crippen molar-refractivity contribution in [3.05, 3.63) is 59.4 Å². The van der Waals surface area contributed by atoms with E-state index in [1.165, 1.54) is 12.1 Å². The molecule has 0 aromatic heterocycles. The highest BCUT2D eigenvalue weighted by atomic mass is 19.4. The molecule has 0 aliphatic rings. The molecule has 21 heavy (non-hydrogen) atoms. The Morgan fingerprint density at radius 2 is 1.57 bits per heavy atom. The lowest BCUT2D eigenvalue weighted by atomic mass is 10.1. The molecule has 0 atom stereocenters. The molecule has 0 aliphatic carbocycles. The van der Waals surface area contributed by atoms with Crippen LogP contribution in [0.5, 0.6) is 11.5 Å². The predicted octanol–water partition coefficient (Wildman–Crippen LogP) is 4.34. The van der Waals surface area contributed by atoms with E-state index >= 15 is 0 Å². The number of rotatable bonds is 3. The average Bonchev–Trinajstić information content (AvgIpc) is 2.40. The van der Waals surface area contributed by atoms with Gasteiger partial charge in [0.15, 0.2) is 0 Å². The van der Waals surface area contributed by atoms with Crippen molar-refractivity contribution in [3.63, 3.8) is 0 Å². The van der Waals surface area contributed by atoms with Crippen LogP contribution in [0.4, 0.5) is 17.6 Å². The first-order valence-corrected chi connectivity index (χ1v) is 5.65. The Balaban J connectivity index is 2.38. The molecule has 0 heterocycles. The van der Waals surface area contributed by atoms with E-state index in [0.29, 0.717) is 6.07 Å². The van der Waals surface area contributed by atoms with Gasteiger partial charge in [-0.3, -0.25) is 0 Å². The number of hydrogen-bond donors (Lipinski definition) is 1. The van der Waals surface area contributed by atoms with Crippen LogP contribution >= 0.6 is 0 Å². The molecule has 2 aromatic carbocycles. The molecular weight excluding hydrogens is 292 g/mol. The van der Waals surface area contributed by atoms with Crippen LogP contribution in [0, 0.1) is 5.82 Å². The highest BCUT2D eigenvalue weighted by Gasteiger charge is 2.35. The second kappa shape index (κ2) is 5.43. The summed E-state index contributed by atoms with van der Waals surface area (Å²) in [5.74, 6) is -2.26. The minimum atomic E-state index is -4.82. The summed E-state index contributed by atoms with van der Waals surface area (Å²) < 4.78 is 56.3. The molecule has 0 unspecified atom stereocenters. The van der Waals surface area contributed by atoms with Crippen LogP contribution in [0.3, 0.4) is 0 Å². The molecule has 0 saturated heterocycles. The second-order valence-corrected chi connectivity index (χ2v) is 4.07. The summed E-state index contributed by atoms with van der Waals surface area (Å²) in [5, 5.41) is 8.76. The molecule has 3 nitrogen and oxygen atoms in total. The summed E-state index contributed by atoms with van der Waals surface area (Å²) in [6, 6.07) is 7.16. The van der Waals surface area contributed by atoms with Gasteiger partial charge in [-0.1, -0.05) is 0 Å². The Labute approximate surface area is 116 Å². The summed E-state index contributed by atoms with van der Waals surface area (Å²) in [4.78, 5) is 10.8. The molecular formula is C14H8F4O3. The Morgan fingerprint density at radius 3 is 2.10 bits per heavy atom. The van der Waals surface area contributed by atoms with Crippen molar-refractivity contribution in [1.82, 2.24) is 0 Å². The Hall–Kier alpha value is -2.57. The van der Waals surface area contributed by atoms with E-state index in [2.05, 4.69) is 0 Å². The molecule has 2 aromatic rings. The number of carbonyl (C=O) groups is 1. The van der Waals surface area contributed by atoms with Crippen molar-refractivity contribution in [1.29, 1.82) is 0 Å². The van der Waals surface area contributed by atoms with E-state index in [-0.39, 0.29) is 11.5 Å². The summed E-state index contributed by atoms with van der Waals surface area (Å²) >= 11 is 0. The number of hydrogen-bond acceptors (Lipinski definition) is 2. The summed E-state index contributed by atoms with van der Waals surface area (Å²) in [6.07, 6.45) is -4.82. The maximum absolute atomic E-state index is 12.8. The molecule has 0 aliphatic heterocycles. The minimum absolute atomic E-state index is 0.132. The molecule has 2 rings (SSSR count). The fraction of sp³-hybridized carbons (Fsp3) is 0.0714. The van der Waals surface area contributed by atoms with Crippen molar-refractivity contribution >= 4 is 5.97 Å².